The zero-order chi connectivity index (χ0) is 19.3. The number of aromatic nitrogens is 1. The van der Waals surface area contributed by atoms with Crippen molar-refractivity contribution in [2.45, 2.75) is 18.7 Å². The van der Waals surface area contributed by atoms with Crippen LogP contribution in [-0.4, -0.2) is 17.2 Å². The first-order valence-corrected chi connectivity index (χ1v) is 9.12. The van der Waals surface area contributed by atoms with E-state index in [9.17, 15) is 4.79 Å². The monoisotopic (exact) mass is 372 g/mol. The lowest BCUT2D eigenvalue weighted by Crippen LogP contribution is -2.29. The van der Waals surface area contributed by atoms with E-state index in [-0.39, 0.29) is 17.6 Å². The molecule has 140 valence electrons. The second-order valence-electron chi connectivity index (χ2n) is 6.70. The average Bonchev–Trinajstić information content (AvgIpc) is 3.18. The van der Waals surface area contributed by atoms with Gasteiger partial charge in [-0.1, -0.05) is 24.3 Å². The number of benzene rings is 2. The number of nitrogens with one attached hydrogen (secondary N) is 2. The summed E-state index contributed by atoms with van der Waals surface area (Å²) in [6.45, 7) is 1.33. The summed E-state index contributed by atoms with van der Waals surface area (Å²) in [5, 5.41) is 8.94. The summed E-state index contributed by atoms with van der Waals surface area (Å²) in [6, 6.07) is 20.6. The molecule has 1 aliphatic rings. The zero-order valence-corrected chi connectivity index (χ0v) is 15.2. The van der Waals surface area contributed by atoms with Gasteiger partial charge in [0.2, 0.25) is 0 Å². The predicted molar refractivity (Wildman–Crippen MR) is 106 cm³/mol. The van der Waals surface area contributed by atoms with Crippen LogP contribution in [0.5, 0.6) is 5.75 Å². The number of rotatable bonds is 5. The van der Waals surface area contributed by atoms with Crippen molar-refractivity contribution >= 4 is 0 Å². The molecule has 1 aromatic heterocycles. The van der Waals surface area contributed by atoms with Crippen LogP contribution in [0.25, 0.3) is 0 Å². The lowest BCUT2D eigenvalue weighted by atomic mass is 9.97. The largest absolute Gasteiger partial charge is 0.487 e. The molecular weight excluding hydrogens is 352 g/mol. The van der Waals surface area contributed by atoms with Crippen LogP contribution in [0.3, 0.4) is 0 Å². The zero-order valence-electron chi connectivity index (χ0n) is 15.2. The Balaban J connectivity index is 1.56. The number of pyridine rings is 1. The van der Waals surface area contributed by atoms with Gasteiger partial charge in [0.25, 0.3) is 0 Å². The van der Waals surface area contributed by atoms with Gasteiger partial charge in [0.15, 0.2) is 5.43 Å². The van der Waals surface area contributed by atoms with Gasteiger partial charge in [-0.05, 0) is 35.4 Å². The molecule has 0 amide bonds. The molecular formula is C22H20N4O2. The van der Waals surface area contributed by atoms with Crippen molar-refractivity contribution in [3.8, 4) is 11.8 Å². The van der Waals surface area contributed by atoms with Crippen molar-refractivity contribution < 1.29 is 4.74 Å². The Labute approximate surface area is 163 Å². The quantitative estimate of drug-likeness (QED) is 0.719. The fourth-order valence-corrected chi connectivity index (χ4v) is 3.38. The van der Waals surface area contributed by atoms with E-state index >= 15 is 0 Å². The van der Waals surface area contributed by atoms with E-state index in [4.69, 9.17) is 10.00 Å². The summed E-state index contributed by atoms with van der Waals surface area (Å²) in [4.78, 5) is 11.3. The van der Waals surface area contributed by atoms with Gasteiger partial charge in [0.1, 0.15) is 11.9 Å². The van der Waals surface area contributed by atoms with Gasteiger partial charge in [0.05, 0.1) is 17.7 Å². The Kier molecular flexibility index (Phi) is 5.20. The number of nitriles is 1. The molecule has 2 heterocycles. The number of hydrogen-bond donors (Lipinski definition) is 2. The van der Waals surface area contributed by atoms with Crippen molar-refractivity contribution in [3.63, 3.8) is 0 Å². The van der Waals surface area contributed by atoms with Crippen molar-refractivity contribution in [2.24, 2.45) is 0 Å². The Bertz CT molecular complexity index is 1030. The Morgan fingerprint density at radius 2 is 1.82 bits per heavy atom. The molecule has 28 heavy (non-hydrogen) atoms. The van der Waals surface area contributed by atoms with Gasteiger partial charge < -0.3 is 9.30 Å². The lowest BCUT2D eigenvalue weighted by molar-refractivity contribution is 0.197. The van der Waals surface area contributed by atoms with Crippen molar-refractivity contribution in [1.82, 2.24) is 15.4 Å². The Hall–Kier alpha value is -3.40. The summed E-state index contributed by atoms with van der Waals surface area (Å²) < 4.78 is 8.17. The summed E-state index contributed by atoms with van der Waals surface area (Å²) >= 11 is 0. The number of nitrogens with zero attached hydrogens (tertiary/aromatic N) is 2. The molecule has 0 saturated carbocycles. The maximum absolute atomic E-state index is 11.3. The van der Waals surface area contributed by atoms with Crippen molar-refractivity contribution in [3.05, 3.63) is 100.0 Å². The number of hydrogen-bond acceptors (Lipinski definition) is 5. The maximum atomic E-state index is 11.3. The molecule has 2 atom stereocenters. The molecule has 0 bridgehead atoms. The van der Waals surface area contributed by atoms with Gasteiger partial charge in [-0.2, -0.15) is 5.26 Å². The third-order valence-electron chi connectivity index (χ3n) is 4.81. The van der Waals surface area contributed by atoms with E-state index in [1.807, 2.05) is 28.8 Å². The standard InChI is InChI=1S/C22H20N4O2/c23-13-16-5-7-19(8-6-16)28-21-14-24-25-22(21)20-4-2-1-3-17(20)15-26-11-9-18(27)10-12-26/h1-12,21-22,24-25H,14-15H2. The SMILES string of the molecule is N#Cc1ccc(OC2CNNC2c2ccccc2Cn2ccc(=O)cc2)cc1. The van der Waals surface area contributed by atoms with E-state index in [0.29, 0.717) is 18.7 Å². The van der Waals surface area contributed by atoms with Crippen molar-refractivity contribution in [2.75, 3.05) is 6.54 Å². The Morgan fingerprint density at radius 3 is 2.57 bits per heavy atom. The molecule has 2 aromatic carbocycles. The topological polar surface area (TPSA) is 79.1 Å². The highest BCUT2D eigenvalue weighted by Gasteiger charge is 2.31. The smallest absolute Gasteiger partial charge is 0.181 e. The summed E-state index contributed by atoms with van der Waals surface area (Å²) in [6.07, 6.45) is 3.50. The van der Waals surface area contributed by atoms with Gasteiger partial charge in [0, 0.05) is 37.6 Å². The van der Waals surface area contributed by atoms with Gasteiger partial charge in [-0.3, -0.25) is 10.2 Å². The third kappa shape index (κ3) is 3.96. The minimum atomic E-state index is -0.0943. The molecule has 4 rings (SSSR count). The lowest BCUT2D eigenvalue weighted by Gasteiger charge is -2.23. The second-order valence-corrected chi connectivity index (χ2v) is 6.70. The summed E-state index contributed by atoms with van der Waals surface area (Å²) in [5.74, 6) is 0.734. The highest BCUT2D eigenvalue weighted by atomic mass is 16.5. The van der Waals surface area contributed by atoms with E-state index in [1.165, 1.54) is 0 Å². The first kappa shape index (κ1) is 18.0. The number of hydrazine groups is 1. The van der Waals surface area contributed by atoms with E-state index in [0.717, 1.165) is 16.9 Å². The molecule has 1 saturated heterocycles. The van der Waals surface area contributed by atoms with Crippen LogP contribution in [0.15, 0.2) is 77.9 Å². The molecule has 1 fully saturated rings. The fourth-order valence-electron chi connectivity index (χ4n) is 3.38. The molecule has 6 nitrogen and oxygen atoms in total. The molecule has 0 aliphatic carbocycles. The molecule has 1 aliphatic heterocycles. The minimum absolute atomic E-state index is 0.00192. The third-order valence-corrected chi connectivity index (χ3v) is 4.81. The maximum Gasteiger partial charge on any atom is 0.181 e. The van der Waals surface area contributed by atoms with Crippen LogP contribution < -0.4 is 21.0 Å². The first-order chi connectivity index (χ1) is 13.7. The minimum Gasteiger partial charge on any atom is -0.487 e. The summed E-state index contributed by atoms with van der Waals surface area (Å²) in [7, 11) is 0. The number of ether oxygens (including phenoxy) is 1. The van der Waals surface area contributed by atoms with Crippen LogP contribution in [0.2, 0.25) is 0 Å². The normalized spacial score (nSPS) is 18.5. The van der Waals surface area contributed by atoms with Gasteiger partial charge in [-0.15, -0.1) is 0 Å². The Morgan fingerprint density at radius 1 is 1.07 bits per heavy atom. The van der Waals surface area contributed by atoms with Crippen LogP contribution >= 0.6 is 0 Å². The van der Waals surface area contributed by atoms with E-state index < -0.39 is 0 Å². The van der Waals surface area contributed by atoms with E-state index in [2.05, 4.69) is 29.1 Å². The van der Waals surface area contributed by atoms with E-state index in [1.54, 1.807) is 36.7 Å². The first-order valence-electron chi connectivity index (χ1n) is 9.12. The highest BCUT2D eigenvalue weighted by molar-refractivity contribution is 5.36. The van der Waals surface area contributed by atoms with Gasteiger partial charge >= 0.3 is 0 Å². The molecule has 0 radical (unpaired) electrons. The van der Waals surface area contributed by atoms with Crippen molar-refractivity contribution in [1.29, 1.82) is 5.26 Å². The molecule has 2 unspecified atom stereocenters. The molecule has 2 N–H and O–H groups in total. The van der Waals surface area contributed by atoms with Crippen LogP contribution in [0.1, 0.15) is 22.7 Å². The average molecular weight is 372 g/mol. The van der Waals surface area contributed by atoms with Crippen LogP contribution in [0, 0.1) is 11.3 Å². The molecule has 3 aromatic rings. The highest BCUT2D eigenvalue weighted by Crippen LogP contribution is 2.27. The fraction of sp³-hybridized carbons (Fsp3) is 0.182. The second kappa shape index (κ2) is 8.09. The van der Waals surface area contributed by atoms with Crippen LogP contribution in [-0.2, 0) is 6.54 Å². The summed E-state index contributed by atoms with van der Waals surface area (Å²) in [5.41, 5.74) is 9.41. The molecule has 6 heteroatoms. The van der Waals surface area contributed by atoms with Gasteiger partial charge in [-0.25, -0.2) is 5.43 Å². The van der Waals surface area contributed by atoms with Crippen LogP contribution in [0.4, 0.5) is 0 Å². The molecule has 0 spiro atoms. The predicted octanol–water partition coefficient (Wildman–Crippen LogP) is 2.36.